The van der Waals surface area contributed by atoms with Crippen LogP contribution in [0.3, 0.4) is 0 Å². The van der Waals surface area contributed by atoms with Crippen molar-refractivity contribution in [3.05, 3.63) is 112 Å². The molecular weight excluding hydrogens is 921 g/mol. The molecule has 3 aromatic carbocycles. The molecule has 4 aromatic rings. The number of anilines is 2. The van der Waals surface area contributed by atoms with Crippen LogP contribution in [0.15, 0.2) is 77.7 Å². The number of ketones is 2. The van der Waals surface area contributed by atoms with E-state index in [1.165, 1.54) is 6.92 Å². The smallest absolute Gasteiger partial charge is 0.323 e. The number of aliphatic carboxylic acids is 1. The Bertz CT molecular complexity index is 2510. The minimum absolute atomic E-state index is 0.0171. The number of nitrogens with one attached hydrogen (secondary N) is 5. The van der Waals surface area contributed by atoms with Crippen LogP contribution >= 0.6 is 0 Å². The highest BCUT2D eigenvalue weighted by Crippen LogP contribution is 2.24. The van der Waals surface area contributed by atoms with Crippen molar-refractivity contribution < 1.29 is 56.5 Å². The maximum absolute atomic E-state index is 13.6. The molecule has 0 aliphatic carbocycles. The maximum Gasteiger partial charge on any atom is 0.323 e. The van der Waals surface area contributed by atoms with Gasteiger partial charge >= 0.3 is 5.97 Å². The zero-order valence-electron chi connectivity index (χ0n) is 40.6. The first kappa shape index (κ1) is 56.1. The van der Waals surface area contributed by atoms with Crippen molar-refractivity contribution in [3.8, 4) is 5.75 Å². The standard InChI is InChI=1S/C51H66N6O12S/c1-34-29-35(2)49(36(3)30-34)70(65,66)57-44(51(63)64)33-54-50(62)43-22-17-39(15-20-40-9-6-10-46(52-5)55-40)32-45(43)69-28-27-68-26-25-67-24-8-23-53-47(60)11-7-12-48(61)56-41-18-13-38(14-19-41)16-21-42(59)31-37(4)58/h6,9-10,13-14,17-19,22,29-30,32,44,57H,7-8,11-12,15-16,20-21,23-28,31,33H2,1-5H3,(H,52,55)(H,53,60)(H,54,62)(H,56,61)(H,63,64)/t44-/m0/s1. The molecule has 1 aromatic heterocycles. The molecule has 70 heavy (non-hydrogen) atoms. The van der Waals surface area contributed by atoms with E-state index in [1.54, 1.807) is 63.4 Å². The number of rotatable bonds is 32. The number of hydrogen-bond acceptors (Lipinski definition) is 13. The zero-order chi connectivity index (χ0) is 51.1. The van der Waals surface area contributed by atoms with Crippen LogP contribution in [-0.2, 0) is 62.7 Å². The number of aromatic nitrogens is 1. The Labute approximate surface area is 410 Å². The van der Waals surface area contributed by atoms with Gasteiger partial charge in [-0.3, -0.25) is 28.8 Å². The van der Waals surface area contributed by atoms with E-state index in [0.717, 1.165) is 28.2 Å². The molecule has 1 atom stereocenters. The number of hydrogen-bond donors (Lipinski definition) is 6. The van der Waals surface area contributed by atoms with Gasteiger partial charge in [0, 0.05) is 57.4 Å². The number of sulfonamides is 1. The van der Waals surface area contributed by atoms with Gasteiger partial charge in [-0.2, -0.15) is 4.72 Å². The summed E-state index contributed by atoms with van der Waals surface area (Å²) in [5, 5.41) is 21.2. The summed E-state index contributed by atoms with van der Waals surface area (Å²) in [5.74, 6) is -1.80. The van der Waals surface area contributed by atoms with Crippen molar-refractivity contribution in [1.29, 1.82) is 0 Å². The molecule has 378 valence electrons. The molecule has 0 saturated heterocycles. The average Bonchev–Trinajstić information content (AvgIpc) is 3.30. The molecule has 0 aliphatic heterocycles. The minimum Gasteiger partial charge on any atom is -0.490 e. The number of aryl methyl sites for hydroxylation is 6. The molecule has 18 nitrogen and oxygen atoms in total. The number of nitrogens with zero attached hydrogens (tertiary/aromatic N) is 1. The Kier molecular flexibility index (Phi) is 23.1. The fraction of sp³-hybridized carbons (Fsp3) is 0.431. The summed E-state index contributed by atoms with van der Waals surface area (Å²) in [4.78, 5) is 77.9. The highest BCUT2D eigenvalue weighted by atomic mass is 32.2. The molecule has 0 spiro atoms. The summed E-state index contributed by atoms with van der Waals surface area (Å²) in [6, 6.07) is 19.6. The highest BCUT2D eigenvalue weighted by Gasteiger charge is 2.29. The van der Waals surface area contributed by atoms with Crippen LogP contribution in [-0.4, -0.2) is 113 Å². The first-order valence-electron chi connectivity index (χ1n) is 23.3. The van der Waals surface area contributed by atoms with Crippen LogP contribution in [0.4, 0.5) is 11.5 Å². The van der Waals surface area contributed by atoms with E-state index in [1.807, 2.05) is 37.3 Å². The SMILES string of the molecule is CNc1cccc(CCc2ccc(C(=O)NC[C@H](NS(=O)(=O)c3c(C)cc(C)cc3C)C(=O)O)c(OCCOCCOCCCNC(=O)CCCC(=O)Nc3ccc(CCC(=O)CC(C)=O)cc3)c2)n1. The Morgan fingerprint density at radius 2 is 1.40 bits per heavy atom. The van der Waals surface area contributed by atoms with E-state index in [0.29, 0.717) is 62.1 Å². The molecule has 6 N–H and O–H groups in total. The third-order valence-electron chi connectivity index (χ3n) is 10.8. The van der Waals surface area contributed by atoms with Crippen LogP contribution in [0.2, 0.25) is 0 Å². The van der Waals surface area contributed by atoms with Gasteiger partial charge in [0.2, 0.25) is 21.8 Å². The second-order valence-electron chi connectivity index (χ2n) is 16.8. The van der Waals surface area contributed by atoms with E-state index in [9.17, 15) is 42.3 Å². The summed E-state index contributed by atoms with van der Waals surface area (Å²) >= 11 is 0. The molecular formula is C51H66N6O12S. The molecule has 19 heteroatoms. The van der Waals surface area contributed by atoms with E-state index in [2.05, 4.69) is 31.0 Å². The van der Waals surface area contributed by atoms with Crippen LogP contribution in [0, 0.1) is 20.8 Å². The molecule has 0 saturated carbocycles. The first-order valence-corrected chi connectivity index (χ1v) is 24.7. The predicted molar refractivity (Wildman–Crippen MR) is 265 cm³/mol. The maximum atomic E-state index is 13.6. The van der Waals surface area contributed by atoms with Gasteiger partial charge in [-0.15, -0.1) is 0 Å². The van der Waals surface area contributed by atoms with Gasteiger partial charge in [-0.05, 0) is 118 Å². The van der Waals surface area contributed by atoms with Crippen LogP contribution < -0.4 is 30.7 Å². The lowest BCUT2D eigenvalue weighted by molar-refractivity contribution is -0.138. The largest absolute Gasteiger partial charge is 0.490 e. The molecule has 0 radical (unpaired) electrons. The lowest BCUT2D eigenvalue weighted by Gasteiger charge is -2.19. The van der Waals surface area contributed by atoms with Gasteiger partial charge in [0.15, 0.2) is 0 Å². The Hall–Kier alpha value is -6.54. The molecule has 0 unspecified atom stereocenters. The Balaban J connectivity index is 1.17. The third-order valence-corrected chi connectivity index (χ3v) is 12.6. The second-order valence-corrected chi connectivity index (χ2v) is 18.5. The number of ether oxygens (including phenoxy) is 3. The number of carbonyl (C=O) groups is 6. The number of amides is 3. The monoisotopic (exact) mass is 986 g/mol. The van der Waals surface area contributed by atoms with E-state index >= 15 is 0 Å². The van der Waals surface area contributed by atoms with Crippen molar-refractivity contribution in [2.24, 2.45) is 0 Å². The number of benzene rings is 3. The summed E-state index contributed by atoms with van der Waals surface area (Å²) in [7, 11) is -2.48. The summed E-state index contributed by atoms with van der Waals surface area (Å²) in [5.41, 5.74) is 5.17. The Morgan fingerprint density at radius 3 is 2.09 bits per heavy atom. The summed E-state index contributed by atoms with van der Waals surface area (Å²) in [6.45, 7) is 7.50. The number of carboxylic acid groups (broad SMARTS) is 1. The van der Waals surface area contributed by atoms with Gasteiger partial charge in [0.1, 0.15) is 35.8 Å². The van der Waals surface area contributed by atoms with Crippen molar-refractivity contribution in [2.75, 3.05) is 63.8 Å². The fourth-order valence-corrected chi connectivity index (χ4v) is 9.07. The van der Waals surface area contributed by atoms with Gasteiger partial charge < -0.3 is 40.6 Å². The number of Topliss-reactive ketones (excluding diaryl/α,β-unsaturated/α-hetero) is 2. The molecule has 1 heterocycles. The van der Waals surface area contributed by atoms with Gasteiger partial charge in [-0.25, -0.2) is 13.4 Å². The number of pyridine rings is 1. The minimum atomic E-state index is -4.26. The molecule has 0 aliphatic rings. The lowest BCUT2D eigenvalue weighted by Crippen LogP contribution is -2.48. The number of carbonyl (C=O) groups excluding carboxylic acids is 5. The average molecular weight is 987 g/mol. The highest BCUT2D eigenvalue weighted by molar-refractivity contribution is 7.89. The van der Waals surface area contributed by atoms with Crippen LogP contribution in [0.25, 0.3) is 0 Å². The van der Waals surface area contributed by atoms with Gasteiger partial charge in [0.05, 0.1) is 36.7 Å². The fourth-order valence-electron chi connectivity index (χ4n) is 7.43. The van der Waals surface area contributed by atoms with E-state index in [4.69, 9.17) is 14.2 Å². The second kappa shape index (κ2) is 28.8. The quantitative estimate of drug-likeness (QED) is 0.0272. The van der Waals surface area contributed by atoms with E-state index in [-0.39, 0.29) is 91.7 Å². The number of carboxylic acids is 1. The normalized spacial score (nSPS) is 11.6. The van der Waals surface area contributed by atoms with Gasteiger partial charge in [-0.1, -0.05) is 42.0 Å². The van der Waals surface area contributed by atoms with Gasteiger partial charge in [0.25, 0.3) is 5.91 Å². The van der Waals surface area contributed by atoms with Crippen molar-refractivity contribution in [3.63, 3.8) is 0 Å². The molecule has 3 amide bonds. The lowest BCUT2D eigenvalue weighted by atomic mass is 10.0. The topological polar surface area (TPSA) is 258 Å². The predicted octanol–water partition coefficient (Wildman–Crippen LogP) is 5.20. The van der Waals surface area contributed by atoms with Crippen molar-refractivity contribution in [1.82, 2.24) is 20.3 Å². The summed E-state index contributed by atoms with van der Waals surface area (Å²) in [6.07, 6.45) is 3.24. The molecule has 4 rings (SSSR count). The van der Waals surface area contributed by atoms with Crippen molar-refractivity contribution >= 4 is 56.8 Å². The summed E-state index contributed by atoms with van der Waals surface area (Å²) < 4.78 is 46.3. The van der Waals surface area contributed by atoms with E-state index < -0.39 is 34.5 Å². The van der Waals surface area contributed by atoms with Crippen LogP contribution in [0.1, 0.15) is 89.3 Å². The third kappa shape index (κ3) is 19.8. The first-order chi connectivity index (χ1) is 33.4. The molecule has 0 bridgehead atoms. The van der Waals surface area contributed by atoms with Crippen LogP contribution in [0.5, 0.6) is 5.75 Å². The Morgan fingerprint density at radius 1 is 0.729 bits per heavy atom. The zero-order valence-corrected chi connectivity index (χ0v) is 41.4. The van der Waals surface area contributed by atoms with Crippen molar-refractivity contribution in [2.45, 2.75) is 96.4 Å². The molecule has 0 fully saturated rings.